The predicted molar refractivity (Wildman–Crippen MR) is 315 cm³/mol. The number of unbranched alkanes of at least 4 members (excludes halogenated alkanes) is 8. The molecule has 9 heteroatoms. The molecule has 0 aliphatic rings. The summed E-state index contributed by atoms with van der Waals surface area (Å²) in [4.78, 5) is 45.7. The Morgan fingerprint density at radius 1 is 0.260 bits per heavy atom. The summed E-state index contributed by atoms with van der Waals surface area (Å²) >= 11 is 0. The first-order chi connectivity index (χ1) is 36.8. The van der Waals surface area contributed by atoms with E-state index in [4.69, 9.17) is 0 Å². The minimum Gasteiger partial charge on any atom is -0.545 e. The molecule has 0 fully saturated rings. The summed E-state index contributed by atoms with van der Waals surface area (Å²) < 4.78 is 0. The van der Waals surface area contributed by atoms with E-state index in [1.165, 1.54) is 0 Å². The van der Waals surface area contributed by atoms with Crippen LogP contribution in [-0.2, 0) is 19.2 Å². The van der Waals surface area contributed by atoms with Gasteiger partial charge in [0.25, 0.3) is 0 Å². The second kappa shape index (κ2) is 45.5. The van der Waals surface area contributed by atoms with Crippen molar-refractivity contribution in [2.45, 2.75) is 209 Å². The van der Waals surface area contributed by atoms with Crippen LogP contribution in [0, 0.1) is 0 Å². The van der Waals surface area contributed by atoms with Gasteiger partial charge in [0.15, 0.2) is 0 Å². The van der Waals surface area contributed by atoms with Crippen molar-refractivity contribution in [3.63, 3.8) is 0 Å². The molecule has 0 heterocycles. The van der Waals surface area contributed by atoms with Crippen molar-refractivity contribution in [2.75, 3.05) is 0 Å². The fraction of sp³-hybridized carbons (Fsp3) is 0.471. The van der Waals surface area contributed by atoms with Gasteiger partial charge in [0.2, 0.25) is 0 Å². The molecule has 4 aromatic rings. The first-order valence-corrected chi connectivity index (χ1v) is 28.8. The van der Waals surface area contributed by atoms with Gasteiger partial charge in [-0.15, -0.1) is 0 Å². The summed E-state index contributed by atoms with van der Waals surface area (Å²) in [6.45, 7) is 16.8. The standard InChI is InChI=1S/4C17H24O2.Sn/c4*1-3-5-12-15(14-10-8-7-9-11-14)16(17(18)19)13-6-4-2;/h4*7-11H,3-6,12-13H2,1-2H3,(H,18,19);/q;;;;+4/p-4. The predicted octanol–water partition coefficient (Wildman–Crippen LogP) is 13.9. The Balaban J connectivity index is 0.000000996. The molecule has 77 heavy (non-hydrogen) atoms. The molecule has 0 saturated carbocycles. The Bertz CT molecular complexity index is 2010. The van der Waals surface area contributed by atoms with E-state index in [0.29, 0.717) is 48.0 Å². The number of allylic oxidation sites excluding steroid dienone is 4. The van der Waals surface area contributed by atoms with Gasteiger partial charge in [-0.1, -0.05) is 228 Å². The molecule has 8 nitrogen and oxygen atoms in total. The van der Waals surface area contributed by atoms with Crippen LogP contribution >= 0.6 is 0 Å². The maximum atomic E-state index is 11.4. The van der Waals surface area contributed by atoms with Gasteiger partial charge in [0.05, 0.1) is 23.9 Å². The largest absolute Gasteiger partial charge is 4.00 e. The van der Waals surface area contributed by atoms with Crippen LogP contribution in [0.2, 0.25) is 0 Å². The molecule has 0 bridgehead atoms. The number of carboxylic acid groups (broad SMARTS) is 4. The van der Waals surface area contributed by atoms with Crippen molar-refractivity contribution in [1.29, 1.82) is 0 Å². The van der Waals surface area contributed by atoms with Gasteiger partial charge in [-0.05, 0) is 170 Å². The number of carboxylic acids is 4. The van der Waals surface area contributed by atoms with Gasteiger partial charge in [0, 0.05) is 0 Å². The second-order valence-electron chi connectivity index (χ2n) is 19.3. The average molecular weight is 1160 g/mol. The molecular formula is C68H92O8Sn. The van der Waals surface area contributed by atoms with E-state index < -0.39 is 23.9 Å². The Hall–Kier alpha value is -5.48. The number of hydrogen-bond acceptors (Lipinski definition) is 8. The van der Waals surface area contributed by atoms with Gasteiger partial charge in [-0.25, -0.2) is 0 Å². The van der Waals surface area contributed by atoms with Crippen LogP contribution in [0.15, 0.2) is 144 Å². The third-order valence-corrected chi connectivity index (χ3v) is 13.2. The first kappa shape index (κ1) is 71.5. The number of benzene rings is 4. The molecule has 0 aliphatic carbocycles. The summed E-state index contributed by atoms with van der Waals surface area (Å²) in [5.74, 6) is -4.04. The van der Waals surface area contributed by atoms with Crippen molar-refractivity contribution in [3.05, 3.63) is 166 Å². The van der Waals surface area contributed by atoms with Gasteiger partial charge >= 0.3 is 23.9 Å². The van der Waals surface area contributed by atoms with E-state index in [1.807, 2.05) is 121 Å². The van der Waals surface area contributed by atoms with Crippen LogP contribution in [0.1, 0.15) is 232 Å². The van der Waals surface area contributed by atoms with E-state index in [0.717, 1.165) is 173 Å². The van der Waals surface area contributed by atoms with E-state index in [2.05, 4.69) is 55.4 Å². The quantitative estimate of drug-likeness (QED) is 0.0345. The fourth-order valence-corrected chi connectivity index (χ4v) is 8.77. The van der Waals surface area contributed by atoms with Gasteiger partial charge in [0.1, 0.15) is 0 Å². The number of carbonyl (C=O) groups is 4. The first-order valence-electron chi connectivity index (χ1n) is 28.8. The molecule has 0 unspecified atom stereocenters. The molecule has 0 radical (unpaired) electrons. The maximum Gasteiger partial charge on any atom is 4.00 e. The number of hydrogen-bond donors (Lipinski definition) is 0. The summed E-state index contributed by atoms with van der Waals surface area (Å²) in [5, 5.41) is 45.7. The molecule has 416 valence electrons. The molecule has 0 atom stereocenters. The molecule has 0 spiro atoms. The third-order valence-electron chi connectivity index (χ3n) is 13.2. The fourth-order valence-electron chi connectivity index (χ4n) is 8.77. The smallest absolute Gasteiger partial charge is 0.545 e. The maximum absolute atomic E-state index is 11.4. The molecule has 0 saturated heterocycles. The molecule has 4 rings (SSSR count). The third kappa shape index (κ3) is 29.2. The Labute approximate surface area is 482 Å². The molecule has 0 N–H and O–H groups in total. The molecule has 0 aromatic heterocycles. The Morgan fingerprint density at radius 3 is 0.532 bits per heavy atom. The zero-order chi connectivity index (χ0) is 56.4. The van der Waals surface area contributed by atoms with Crippen LogP contribution in [0.5, 0.6) is 0 Å². The van der Waals surface area contributed by atoms with E-state index in [1.54, 1.807) is 0 Å². The Morgan fingerprint density at radius 2 is 0.403 bits per heavy atom. The zero-order valence-electron chi connectivity index (χ0n) is 48.3. The number of rotatable bonds is 32. The number of aliphatic carboxylic acids is 4. The van der Waals surface area contributed by atoms with Gasteiger partial charge in [-0.3, -0.25) is 0 Å². The molecule has 0 amide bonds. The van der Waals surface area contributed by atoms with Crippen LogP contribution < -0.4 is 20.4 Å². The molecule has 4 aromatic carbocycles. The summed E-state index contributed by atoms with van der Waals surface area (Å²) in [5.41, 5.74) is 9.85. The van der Waals surface area contributed by atoms with Crippen LogP contribution in [0.4, 0.5) is 0 Å². The van der Waals surface area contributed by atoms with Crippen molar-refractivity contribution >= 4 is 70.1 Å². The van der Waals surface area contributed by atoms with E-state index in [-0.39, 0.29) is 23.9 Å². The van der Waals surface area contributed by atoms with Crippen LogP contribution in [0.25, 0.3) is 22.3 Å². The summed E-state index contributed by atoms with van der Waals surface area (Å²) in [7, 11) is 0. The minimum atomic E-state index is -1.01. The molecular weight excluding hydrogens is 1060 g/mol. The second-order valence-corrected chi connectivity index (χ2v) is 19.3. The monoisotopic (exact) mass is 1160 g/mol. The van der Waals surface area contributed by atoms with Crippen molar-refractivity contribution < 1.29 is 39.6 Å². The summed E-state index contributed by atoms with van der Waals surface area (Å²) in [6.07, 6.45) is 21.5. The molecule has 0 aliphatic heterocycles. The van der Waals surface area contributed by atoms with Crippen LogP contribution in [0.3, 0.4) is 0 Å². The van der Waals surface area contributed by atoms with Gasteiger partial charge in [-0.2, -0.15) is 0 Å². The number of carbonyl (C=O) groups excluding carboxylic acids is 4. The van der Waals surface area contributed by atoms with Crippen LogP contribution in [-0.4, -0.2) is 47.8 Å². The average Bonchev–Trinajstić information content (AvgIpc) is 3.43. The Kier molecular flexibility index (Phi) is 42.3. The minimum absolute atomic E-state index is 0. The van der Waals surface area contributed by atoms with Gasteiger partial charge < -0.3 is 39.6 Å². The summed E-state index contributed by atoms with van der Waals surface area (Å²) in [6, 6.07) is 39.3. The van der Waals surface area contributed by atoms with Crippen molar-refractivity contribution in [2.24, 2.45) is 0 Å². The topological polar surface area (TPSA) is 161 Å². The van der Waals surface area contributed by atoms with Crippen molar-refractivity contribution in [3.8, 4) is 0 Å². The normalized spacial score (nSPS) is 11.9. The van der Waals surface area contributed by atoms with E-state index in [9.17, 15) is 39.6 Å². The SMILES string of the molecule is CCCCC(C(=O)[O-])=C(CCCC)c1ccccc1.CCCCC(C(=O)[O-])=C(CCCC)c1ccccc1.CCCCC(C(=O)[O-])=C(CCCC)c1ccccc1.CCCCC(C(=O)[O-])=C(CCCC)c1ccccc1.[Sn+4]. The van der Waals surface area contributed by atoms with Crippen molar-refractivity contribution in [1.82, 2.24) is 0 Å². The zero-order valence-corrected chi connectivity index (χ0v) is 51.1. The van der Waals surface area contributed by atoms with E-state index >= 15 is 0 Å².